The molecular weight excluding hydrogens is 444 g/mol. The highest BCUT2D eigenvalue weighted by molar-refractivity contribution is 7.22. The van der Waals surface area contributed by atoms with Crippen LogP contribution in [0.25, 0.3) is 10.2 Å². The van der Waals surface area contributed by atoms with E-state index in [0.717, 1.165) is 40.1 Å². The van der Waals surface area contributed by atoms with Gasteiger partial charge < -0.3 is 9.30 Å². The van der Waals surface area contributed by atoms with Crippen LogP contribution >= 0.6 is 22.9 Å². The summed E-state index contributed by atoms with van der Waals surface area (Å²) < 4.78 is 8.50. The second kappa shape index (κ2) is 10.1. The maximum absolute atomic E-state index is 13.4. The van der Waals surface area contributed by atoms with Crippen LogP contribution in [0.5, 0.6) is 5.75 Å². The van der Waals surface area contributed by atoms with Crippen molar-refractivity contribution in [2.24, 2.45) is 0 Å². The number of rotatable bonds is 9. The lowest BCUT2D eigenvalue weighted by Gasteiger charge is -2.20. The third-order valence-corrected chi connectivity index (χ3v) is 6.36. The minimum absolute atomic E-state index is 0.0163. The lowest BCUT2D eigenvalue weighted by molar-refractivity contribution is -0.118. The van der Waals surface area contributed by atoms with Crippen molar-refractivity contribution in [3.8, 4) is 5.75 Å². The van der Waals surface area contributed by atoms with Gasteiger partial charge in [0.05, 0.1) is 29.6 Å². The summed E-state index contributed by atoms with van der Waals surface area (Å²) in [7, 11) is 0. The highest BCUT2D eigenvalue weighted by Gasteiger charge is 2.21. The van der Waals surface area contributed by atoms with Gasteiger partial charge in [0.15, 0.2) is 5.13 Å². The predicted molar refractivity (Wildman–Crippen MR) is 130 cm³/mol. The summed E-state index contributed by atoms with van der Waals surface area (Å²) in [4.78, 5) is 24.0. The Morgan fingerprint density at radius 1 is 1.25 bits per heavy atom. The molecule has 4 rings (SSSR count). The first-order valence-electron chi connectivity index (χ1n) is 10.6. The van der Waals surface area contributed by atoms with E-state index in [9.17, 15) is 4.79 Å². The standard InChI is InChI=1S/C24H25ClN4O2S/c1-3-31-20-7-5-18(6-8-20)14-22(30)29(11-4-10-28-12-9-26-16-28)24-27-23-17(2)13-19(25)15-21(23)32-24/h5-9,12-13,15-16H,3-4,10-11,14H2,1-2H3. The fourth-order valence-corrected chi connectivity index (χ4v) is 5.02. The molecule has 0 saturated heterocycles. The molecule has 0 aliphatic rings. The molecule has 0 saturated carbocycles. The first-order valence-corrected chi connectivity index (χ1v) is 11.8. The Hall–Kier alpha value is -2.90. The number of aromatic nitrogens is 3. The van der Waals surface area contributed by atoms with Gasteiger partial charge in [-0.3, -0.25) is 9.69 Å². The first kappa shape index (κ1) is 22.3. The fraction of sp³-hybridized carbons (Fsp3) is 0.292. The summed E-state index contributed by atoms with van der Waals surface area (Å²) in [5, 5.41) is 1.38. The number of benzene rings is 2. The first-order chi connectivity index (χ1) is 15.5. The molecule has 0 fully saturated rings. The van der Waals surface area contributed by atoms with Gasteiger partial charge in [-0.25, -0.2) is 9.97 Å². The molecule has 2 aromatic carbocycles. The van der Waals surface area contributed by atoms with Crippen molar-refractivity contribution >= 4 is 44.2 Å². The molecule has 4 aromatic rings. The van der Waals surface area contributed by atoms with E-state index in [1.54, 1.807) is 17.4 Å². The van der Waals surface area contributed by atoms with Crippen molar-refractivity contribution in [2.45, 2.75) is 33.2 Å². The van der Waals surface area contributed by atoms with E-state index in [2.05, 4.69) is 4.98 Å². The molecule has 166 valence electrons. The Labute approximate surface area is 196 Å². The zero-order valence-corrected chi connectivity index (χ0v) is 19.7. The molecule has 6 nitrogen and oxygen atoms in total. The number of fused-ring (bicyclic) bond motifs is 1. The van der Waals surface area contributed by atoms with Crippen molar-refractivity contribution < 1.29 is 9.53 Å². The largest absolute Gasteiger partial charge is 0.494 e. The van der Waals surface area contributed by atoms with E-state index >= 15 is 0 Å². The molecule has 8 heteroatoms. The molecule has 0 spiro atoms. The van der Waals surface area contributed by atoms with Crippen LogP contribution in [-0.2, 0) is 17.8 Å². The number of amides is 1. The quantitative estimate of drug-likeness (QED) is 0.324. The molecule has 0 radical (unpaired) electrons. The number of nitrogens with zero attached hydrogens (tertiary/aromatic N) is 4. The number of imidazole rings is 1. The second-order valence-corrected chi connectivity index (χ2v) is 8.96. The van der Waals surface area contributed by atoms with E-state index in [0.29, 0.717) is 29.7 Å². The van der Waals surface area contributed by atoms with E-state index in [1.807, 2.05) is 61.0 Å². The molecule has 32 heavy (non-hydrogen) atoms. The topological polar surface area (TPSA) is 60.2 Å². The Morgan fingerprint density at radius 2 is 2.06 bits per heavy atom. The fourth-order valence-electron chi connectivity index (χ4n) is 3.56. The SMILES string of the molecule is CCOc1ccc(CC(=O)N(CCCn2ccnc2)c2nc3c(C)cc(Cl)cc3s2)cc1. The third-order valence-electron chi connectivity index (χ3n) is 5.12. The Kier molecular flexibility index (Phi) is 7.07. The molecule has 0 aliphatic carbocycles. The van der Waals surface area contributed by atoms with Gasteiger partial charge in [0.2, 0.25) is 5.91 Å². The molecule has 2 aromatic heterocycles. The number of carbonyl (C=O) groups excluding carboxylic acids is 1. The van der Waals surface area contributed by atoms with E-state index in [1.165, 1.54) is 11.3 Å². The molecule has 0 atom stereocenters. The van der Waals surface area contributed by atoms with Crippen molar-refractivity contribution in [3.63, 3.8) is 0 Å². The number of hydrogen-bond donors (Lipinski definition) is 0. The number of hydrogen-bond acceptors (Lipinski definition) is 5. The molecule has 1 amide bonds. The second-order valence-electron chi connectivity index (χ2n) is 7.52. The summed E-state index contributed by atoms with van der Waals surface area (Å²) in [5.41, 5.74) is 2.84. The average molecular weight is 469 g/mol. The Bertz CT molecular complexity index is 1190. The number of carbonyl (C=O) groups is 1. The molecule has 0 unspecified atom stereocenters. The van der Waals surface area contributed by atoms with Crippen LogP contribution in [0.15, 0.2) is 55.1 Å². The Balaban J connectivity index is 1.56. The molecule has 0 bridgehead atoms. The van der Waals surface area contributed by atoms with Crippen molar-refractivity contribution in [1.82, 2.24) is 14.5 Å². The minimum Gasteiger partial charge on any atom is -0.494 e. The monoisotopic (exact) mass is 468 g/mol. The number of halogens is 1. The van der Waals surface area contributed by atoms with Crippen LogP contribution in [-0.4, -0.2) is 33.6 Å². The van der Waals surface area contributed by atoms with Crippen LogP contribution in [0.2, 0.25) is 5.02 Å². The maximum atomic E-state index is 13.4. The highest BCUT2D eigenvalue weighted by Crippen LogP contribution is 2.33. The zero-order chi connectivity index (χ0) is 22.5. The molecule has 0 aliphatic heterocycles. The number of anilines is 1. The van der Waals surface area contributed by atoms with Gasteiger partial charge in [-0.15, -0.1) is 0 Å². The molecular formula is C24H25ClN4O2S. The summed E-state index contributed by atoms with van der Waals surface area (Å²) in [6, 6.07) is 11.5. The zero-order valence-electron chi connectivity index (χ0n) is 18.1. The van der Waals surface area contributed by atoms with Gasteiger partial charge in [-0.2, -0.15) is 0 Å². The highest BCUT2D eigenvalue weighted by atomic mass is 35.5. The normalized spacial score (nSPS) is 11.1. The third kappa shape index (κ3) is 5.29. The van der Waals surface area contributed by atoms with Crippen molar-refractivity contribution in [2.75, 3.05) is 18.1 Å². The van der Waals surface area contributed by atoms with Crippen molar-refractivity contribution in [3.05, 3.63) is 71.3 Å². The molecule has 0 N–H and O–H groups in total. The van der Waals surface area contributed by atoms with E-state index in [4.69, 9.17) is 21.3 Å². The van der Waals surface area contributed by atoms with Gasteiger partial charge in [0.25, 0.3) is 0 Å². The van der Waals surface area contributed by atoms with E-state index < -0.39 is 0 Å². The summed E-state index contributed by atoms with van der Waals surface area (Å²) in [6.45, 7) is 5.90. The van der Waals surface area contributed by atoms with Gasteiger partial charge in [0.1, 0.15) is 5.75 Å². The maximum Gasteiger partial charge on any atom is 0.233 e. The Morgan fingerprint density at radius 3 is 2.78 bits per heavy atom. The van der Waals surface area contributed by atoms with Gasteiger partial charge in [-0.1, -0.05) is 35.1 Å². The summed E-state index contributed by atoms with van der Waals surface area (Å²) in [5.74, 6) is 0.821. The lowest BCUT2D eigenvalue weighted by atomic mass is 10.1. The number of ether oxygens (including phenoxy) is 1. The average Bonchev–Trinajstić information content (AvgIpc) is 3.42. The molecule has 2 heterocycles. The van der Waals surface area contributed by atoms with Crippen LogP contribution in [0, 0.1) is 6.92 Å². The number of aryl methyl sites for hydroxylation is 2. The number of thiazole rings is 1. The lowest BCUT2D eigenvalue weighted by Crippen LogP contribution is -2.33. The summed E-state index contributed by atoms with van der Waals surface area (Å²) >= 11 is 7.74. The van der Waals surface area contributed by atoms with Crippen LogP contribution in [0.4, 0.5) is 5.13 Å². The predicted octanol–water partition coefficient (Wildman–Crippen LogP) is 5.52. The van der Waals surface area contributed by atoms with Gasteiger partial charge >= 0.3 is 0 Å². The van der Waals surface area contributed by atoms with E-state index in [-0.39, 0.29) is 5.91 Å². The minimum atomic E-state index is 0.0163. The van der Waals surface area contributed by atoms with Crippen molar-refractivity contribution in [1.29, 1.82) is 0 Å². The van der Waals surface area contributed by atoms with Crippen LogP contribution in [0.1, 0.15) is 24.5 Å². The van der Waals surface area contributed by atoms with Crippen LogP contribution < -0.4 is 9.64 Å². The van der Waals surface area contributed by atoms with Crippen LogP contribution in [0.3, 0.4) is 0 Å². The smallest absolute Gasteiger partial charge is 0.233 e. The van der Waals surface area contributed by atoms with Gasteiger partial charge in [0, 0.05) is 30.5 Å². The summed E-state index contributed by atoms with van der Waals surface area (Å²) in [6.07, 6.45) is 6.56. The van der Waals surface area contributed by atoms with Gasteiger partial charge in [-0.05, 0) is 55.7 Å².